The molecule has 0 bridgehead atoms. The summed E-state index contributed by atoms with van der Waals surface area (Å²) in [4.78, 5) is 109. The van der Waals surface area contributed by atoms with E-state index in [0.717, 1.165) is 294 Å². The summed E-state index contributed by atoms with van der Waals surface area (Å²) in [5.74, 6) is 12.0. The van der Waals surface area contributed by atoms with Gasteiger partial charge in [0.25, 0.3) is 0 Å². The quantitative estimate of drug-likeness (QED) is 0.0255. The van der Waals surface area contributed by atoms with Crippen LogP contribution in [-0.4, -0.2) is 319 Å². The smallest absolute Gasteiger partial charge is 0.227 e. The first-order chi connectivity index (χ1) is 63.4. The Bertz CT molecular complexity index is 4770. The summed E-state index contributed by atoms with van der Waals surface area (Å²) in [6, 6.07) is 15.1. The highest BCUT2D eigenvalue weighted by Crippen LogP contribution is 2.40. The maximum atomic E-state index is 12.3. The second-order valence-corrected chi connectivity index (χ2v) is 44.1. The van der Waals surface area contributed by atoms with Gasteiger partial charge < -0.3 is 108 Å². The van der Waals surface area contributed by atoms with Crippen molar-refractivity contribution in [1.82, 2.24) is 101 Å². The summed E-state index contributed by atoms with van der Waals surface area (Å²) in [6.45, 7) is 67.9. The van der Waals surface area contributed by atoms with Gasteiger partial charge in [0.05, 0.1) is 83.6 Å². The molecule has 0 spiro atoms. The minimum absolute atomic E-state index is 0.00443. The third-order valence-electron chi connectivity index (χ3n) is 25.5. The molecule has 2 saturated carbocycles. The van der Waals surface area contributed by atoms with Crippen molar-refractivity contribution in [3.8, 4) is 0 Å². The minimum atomic E-state index is -0.0357. The van der Waals surface area contributed by atoms with Crippen molar-refractivity contribution in [3.63, 3.8) is 0 Å². The molecule has 0 atom stereocenters. The van der Waals surface area contributed by atoms with Crippen molar-refractivity contribution in [2.24, 2.45) is 11.7 Å². The lowest BCUT2D eigenvalue weighted by atomic mass is 9.92. The number of nitrogens with one attached hydrogen (secondary N) is 11. The molecule has 11 fully saturated rings. The fourth-order valence-electron chi connectivity index (χ4n) is 15.3. The zero-order valence-corrected chi connectivity index (χ0v) is 85.3. The zero-order chi connectivity index (χ0) is 96.6. The molecule has 0 unspecified atom stereocenters. The van der Waals surface area contributed by atoms with Gasteiger partial charge in [-0.15, -0.1) is 0 Å². The maximum Gasteiger partial charge on any atom is 0.227 e. The summed E-state index contributed by atoms with van der Waals surface area (Å²) in [6.07, 6.45) is 7.53. The molecule has 0 aromatic carbocycles. The molecule has 134 heavy (non-hydrogen) atoms. The lowest BCUT2D eigenvalue weighted by molar-refractivity contribution is -0.133. The number of aromatic nitrogens is 12. The number of unbranched alkanes of at least 4 members (excludes halogenated alkanes) is 1. The van der Waals surface area contributed by atoms with Crippen LogP contribution in [0.25, 0.3) is 0 Å². The number of nitrogens with two attached hydrogens (primary N) is 1. The number of carbonyl (C=O) groups is 3. The molecule has 15 heterocycles. The Balaban J connectivity index is 0.000000145. The van der Waals surface area contributed by atoms with Crippen molar-refractivity contribution >= 4 is 82.4 Å². The molecule has 11 aliphatic rings. The van der Waals surface area contributed by atoms with Crippen LogP contribution in [0.4, 0.5) is 64.6 Å². The predicted molar refractivity (Wildman–Crippen MR) is 542 cm³/mol. The molecule has 6 aromatic rings. The summed E-state index contributed by atoms with van der Waals surface area (Å²) in [5.41, 5.74) is 12.0. The first-order valence-electron chi connectivity index (χ1n) is 49.7. The number of rotatable bonds is 25. The standard InChI is InChI=1S/C19H30N6O.C18H30N6O.C17H28N6O.C16H29N5.C14H26N6.C14H21N3O/c1-19(2,3)15-10-16(21-14-11-20-12-14)23-18(22-15)25-8-6-24(7-9-25)17(26)13-4-5-13;1-5-16(25)23-6-8-24(9-7-23)17-21-14(18(2,3)4)10-15(22-17)20-13-11-19-12-13;1-12(24)22-5-7-23(8-6-22)16-20-14(17(2,3)4)9-15(21-16)19-13-10-18-11-13;1-6-7-8-21(5)15-19-13(16(2,3)4)9-14(20-15)18-12-10-17-11-12;1-14(2,3)11-7-12(17-10-8-16-9-10)19-13(18-11)20(4)6-5-15;1-14(2,3)11-6-12(15-10-7-18-8-10)17-13(16-11)9-4-5-9/h10,13-14,20H,4-9,11-12H2,1-3H3,(H,21,22,23);10,13,19H,5-9,11-12H2,1-4H3,(H,20,21,22);9,13,18H,5-8,10-11H2,1-4H3,(H,19,20,21);9,12,17H,6-8,10-11H2,1-5H3,(H,18,19,20);7,10,16H,5-6,8-9,15H2,1-4H3,(H,17,18,19);6,9-10H,4-5,7-8H2,1-3H3,(H,15,16,17). The van der Waals surface area contributed by atoms with E-state index in [2.05, 4.69) is 268 Å². The largest absolute Gasteiger partial charge is 0.377 e. The highest BCUT2D eigenvalue weighted by molar-refractivity contribution is 5.81. The molecular formula is C98H164N32O4. The molecule has 9 aliphatic heterocycles. The third kappa shape index (κ3) is 30.5. The van der Waals surface area contributed by atoms with Crippen molar-refractivity contribution in [3.05, 3.63) is 76.4 Å². The summed E-state index contributed by atoms with van der Waals surface area (Å²) < 4.78 is 5.19. The van der Waals surface area contributed by atoms with E-state index in [-0.39, 0.29) is 44.3 Å². The SMILES string of the molecule is CC(=O)N1CCN(c2nc(NC3CNC3)cc(C(C)(C)C)n2)CC1.CC(C)(C)c1cc(NC2CNC2)nc(N2CCN(C(=O)C3CC3)CC2)n1.CC(C)(C)c1cc(NC2COC2)nc(C2CC2)n1.CCC(=O)N1CCN(c2nc(NC3CNC3)cc(C(C)(C)C)n2)CC1.CCCCN(C)c1nc(NC2CNC2)cc(C(C)(C)C)n1.CN(CCN)c1nc(NC2CNC2)cc(C(C)(C)C)n1. The molecule has 0 radical (unpaired) electrons. The number of nitrogens with zero attached hydrogens (tertiary/aromatic N) is 20. The van der Waals surface area contributed by atoms with Gasteiger partial charge in [-0.3, -0.25) is 14.4 Å². The lowest BCUT2D eigenvalue weighted by Crippen LogP contribution is -2.52. The number of piperazine rings is 3. The Morgan fingerprint density at radius 1 is 0.381 bits per heavy atom. The summed E-state index contributed by atoms with van der Waals surface area (Å²) in [7, 11) is 4.05. The monoisotopic (exact) mass is 1850 g/mol. The topological polar surface area (TPSA) is 399 Å². The highest BCUT2D eigenvalue weighted by Gasteiger charge is 2.38. The third-order valence-corrected chi connectivity index (χ3v) is 25.5. The number of ether oxygens (including phenoxy) is 1. The molecule has 36 heteroatoms. The van der Waals surface area contributed by atoms with E-state index in [0.29, 0.717) is 67.0 Å². The van der Waals surface area contributed by atoms with Crippen LogP contribution < -0.4 is 88.7 Å². The second kappa shape index (κ2) is 45.6. The Hall–Kier alpha value is -9.59. The minimum Gasteiger partial charge on any atom is -0.377 e. The van der Waals surface area contributed by atoms with Crippen LogP contribution in [0.3, 0.4) is 0 Å². The van der Waals surface area contributed by atoms with Crippen LogP contribution in [0.2, 0.25) is 0 Å². The van der Waals surface area contributed by atoms with Gasteiger partial charge >= 0.3 is 0 Å². The van der Waals surface area contributed by atoms with Gasteiger partial charge in [-0.1, -0.05) is 145 Å². The van der Waals surface area contributed by atoms with E-state index in [4.69, 9.17) is 55.3 Å². The first-order valence-corrected chi connectivity index (χ1v) is 49.7. The number of anilines is 11. The number of amides is 3. The van der Waals surface area contributed by atoms with Gasteiger partial charge in [0.15, 0.2) is 0 Å². The van der Waals surface area contributed by atoms with Gasteiger partial charge in [0, 0.05) is 272 Å². The summed E-state index contributed by atoms with van der Waals surface area (Å²) in [5, 5.41) is 37.3. The van der Waals surface area contributed by atoms with E-state index in [1.807, 2.05) is 33.6 Å². The second-order valence-electron chi connectivity index (χ2n) is 44.1. The highest BCUT2D eigenvalue weighted by atomic mass is 16.5. The predicted octanol–water partition coefficient (Wildman–Crippen LogP) is 8.67. The van der Waals surface area contributed by atoms with Gasteiger partial charge in [0.1, 0.15) is 40.7 Å². The number of hydrogen-bond donors (Lipinski definition) is 12. The van der Waals surface area contributed by atoms with Crippen molar-refractivity contribution in [2.45, 2.75) is 265 Å². The summed E-state index contributed by atoms with van der Waals surface area (Å²) >= 11 is 0. The molecule has 6 aromatic heterocycles. The van der Waals surface area contributed by atoms with E-state index in [1.54, 1.807) is 6.92 Å². The number of carbonyl (C=O) groups excluding carboxylic acids is 3. The Morgan fingerprint density at radius 2 is 0.679 bits per heavy atom. The van der Waals surface area contributed by atoms with Crippen LogP contribution in [0.15, 0.2) is 36.4 Å². The van der Waals surface area contributed by atoms with Crippen LogP contribution in [-0.2, 0) is 51.6 Å². The van der Waals surface area contributed by atoms with E-state index in [1.165, 1.54) is 19.3 Å². The van der Waals surface area contributed by atoms with Crippen LogP contribution >= 0.6 is 0 Å². The molecule has 2 aliphatic carbocycles. The molecule has 3 amide bonds. The maximum absolute atomic E-state index is 12.3. The molecule has 9 saturated heterocycles. The van der Waals surface area contributed by atoms with Crippen LogP contribution in [0.1, 0.15) is 236 Å². The fourth-order valence-corrected chi connectivity index (χ4v) is 15.3. The Labute approximate surface area is 798 Å². The van der Waals surface area contributed by atoms with Gasteiger partial charge in [-0.2, -0.15) is 24.9 Å². The fraction of sp³-hybridized carbons (Fsp3) is 0.724. The molecular weight excluding hydrogens is 1690 g/mol. The van der Waals surface area contributed by atoms with Crippen LogP contribution in [0.5, 0.6) is 0 Å². The Kier molecular flexibility index (Phi) is 35.2. The molecule has 740 valence electrons. The van der Waals surface area contributed by atoms with Crippen molar-refractivity contribution < 1.29 is 19.1 Å². The van der Waals surface area contributed by atoms with Gasteiger partial charge in [-0.05, 0) is 32.1 Å². The first kappa shape index (κ1) is 103. The number of likely N-dealkylation sites (N-methyl/N-ethyl adjacent to an activating group) is 1. The average Bonchev–Trinajstić information content (AvgIpc) is 1.83. The lowest BCUT2D eigenvalue weighted by Gasteiger charge is -2.36. The van der Waals surface area contributed by atoms with Crippen LogP contribution in [0, 0.1) is 5.92 Å². The van der Waals surface area contributed by atoms with Gasteiger partial charge in [0.2, 0.25) is 47.5 Å². The van der Waals surface area contributed by atoms with E-state index in [9.17, 15) is 14.4 Å². The molecule has 13 N–H and O–H groups in total. The molecule has 36 nitrogen and oxygen atoms in total. The number of hydrogen-bond acceptors (Lipinski definition) is 33. The zero-order valence-electron chi connectivity index (χ0n) is 85.3. The van der Waals surface area contributed by atoms with Crippen molar-refractivity contribution in [2.75, 3.05) is 247 Å². The van der Waals surface area contributed by atoms with Gasteiger partial charge in [-0.25, -0.2) is 34.9 Å². The van der Waals surface area contributed by atoms with Crippen molar-refractivity contribution in [1.29, 1.82) is 0 Å². The normalized spacial score (nSPS) is 18.7. The molecule has 17 rings (SSSR count). The van der Waals surface area contributed by atoms with E-state index >= 15 is 0 Å². The average molecular weight is 1850 g/mol. The van der Waals surface area contributed by atoms with E-state index < -0.39 is 0 Å². The Morgan fingerprint density at radius 3 is 0.955 bits per heavy atom.